The second kappa shape index (κ2) is 3.10. The zero-order valence-corrected chi connectivity index (χ0v) is 7.96. The number of benzene rings is 1. The maximum atomic E-state index is 10.4. The van der Waals surface area contributed by atoms with E-state index >= 15 is 0 Å². The van der Waals surface area contributed by atoms with Gasteiger partial charge in [0, 0.05) is 10.5 Å². The van der Waals surface area contributed by atoms with Crippen LogP contribution >= 0.6 is 15.9 Å². The van der Waals surface area contributed by atoms with Crippen molar-refractivity contribution in [2.45, 2.75) is 6.92 Å². The van der Waals surface area contributed by atoms with E-state index in [2.05, 4.69) is 15.9 Å². The van der Waals surface area contributed by atoms with Gasteiger partial charge in [-0.2, -0.15) is 0 Å². The number of anilines is 1. The molecule has 1 aromatic rings. The van der Waals surface area contributed by atoms with Crippen LogP contribution in [0.15, 0.2) is 16.6 Å². The first-order valence-corrected chi connectivity index (χ1v) is 4.02. The SMILES string of the molecule is Cc1c([N+](=O)[O-])ccc(Br)c1N. The van der Waals surface area contributed by atoms with Crippen LogP contribution in [0.3, 0.4) is 0 Å². The summed E-state index contributed by atoms with van der Waals surface area (Å²) >= 11 is 3.18. The van der Waals surface area contributed by atoms with Crippen molar-refractivity contribution in [3.8, 4) is 0 Å². The fraction of sp³-hybridized carbons (Fsp3) is 0.143. The highest BCUT2D eigenvalue weighted by atomic mass is 79.9. The van der Waals surface area contributed by atoms with Gasteiger partial charge in [0.15, 0.2) is 0 Å². The predicted octanol–water partition coefficient (Wildman–Crippen LogP) is 2.25. The van der Waals surface area contributed by atoms with Gasteiger partial charge < -0.3 is 5.73 Å². The first-order chi connectivity index (χ1) is 5.54. The van der Waals surface area contributed by atoms with Gasteiger partial charge >= 0.3 is 0 Å². The van der Waals surface area contributed by atoms with Crippen LogP contribution in [0.5, 0.6) is 0 Å². The number of hydrogen-bond donors (Lipinski definition) is 1. The number of halogens is 1. The molecule has 1 aromatic carbocycles. The van der Waals surface area contributed by atoms with Crippen molar-refractivity contribution in [3.63, 3.8) is 0 Å². The number of hydrogen-bond acceptors (Lipinski definition) is 3. The van der Waals surface area contributed by atoms with Crippen LogP contribution in [0.25, 0.3) is 0 Å². The lowest BCUT2D eigenvalue weighted by Gasteiger charge is -2.02. The van der Waals surface area contributed by atoms with E-state index in [9.17, 15) is 10.1 Å². The van der Waals surface area contributed by atoms with Gasteiger partial charge in [-0.25, -0.2) is 0 Å². The topological polar surface area (TPSA) is 69.2 Å². The summed E-state index contributed by atoms with van der Waals surface area (Å²) in [6.45, 7) is 1.62. The van der Waals surface area contributed by atoms with E-state index in [0.717, 1.165) is 0 Å². The summed E-state index contributed by atoms with van der Waals surface area (Å²) < 4.78 is 0.686. The number of nitrogens with zero attached hydrogens (tertiary/aromatic N) is 1. The van der Waals surface area contributed by atoms with Crippen LogP contribution < -0.4 is 5.73 Å². The second-order valence-electron chi connectivity index (χ2n) is 2.36. The number of nitrogens with two attached hydrogens (primary N) is 1. The van der Waals surface area contributed by atoms with Crippen LogP contribution in [-0.4, -0.2) is 4.92 Å². The molecule has 12 heavy (non-hydrogen) atoms. The summed E-state index contributed by atoms with van der Waals surface area (Å²) in [4.78, 5) is 9.97. The molecule has 0 bridgehead atoms. The maximum Gasteiger partial charge on any atom is 0.274 e. The second-order valence-corrected chi connectivity index (χ2v) is 3.22. The summed E-state index contributed by atoms with van der Waals surface area (Å²) in [5, 5.41) is 10.4. The molecule has 0 fully saturated rings. The fourth-order valence-corrected chi connectivity index (χ4v) is 1.31. The van der Waals surface area contributed by atoms with Gasteiger partial charge in [0.1, 0.15) is 0 Å². The molecule has 0 aliphatic rings. The molecule has 5 heteroatoms. The lowest BCUT2D eigenvalue weighted by molar-refractivity contribution is -0.385. The average Bonchev–Trinajstić information content (AvgIpc) is 2.00. The molecule has 0 spiro atoms. The molecular weight excluding hydrogens is 224 g/mol. The Balaban J connectivity index is 3.36. The van der Waals surface area contributed by atoms with E-state index in [4.69, 9.17) is 5.73 Å². The van der Waals surface area contributed by atoms with Crippen molar-refractivity contribution in [2.75, 3.05) is 5.73 Å². The molecule has 0 saturated carbocycles. The third-order valence-electron chi connectivity index (χ3n) is 1.63. The van der Waals surface area contributed by atoms with E-state index < -0.39 is 4.92 Å². The molecule has 0 amide bonds. The fourth-order valence-electron chi connectivity index (χ4n) is 0.882. The smallest absolute Gasteiger partial charge is 0.274 e. The molecule has 0 heterocycles. The Morgan fingerprint density at radius 1 is 1.58 bits per heavy atom. The monoisotopic (exact) mass is 230 g/mol. The standard InChI is InChI=1S/C7H7BrN2O2/c1-4-6(10(11)12)3-2-5(8)7(4)9/h2-3H,9H2,1H3. The van der Waals surface area contributed by atoms with Crippen molar-refractivity contribution >= 4 is 27.3 Å². The van der Waals surface area contributed by atoms with Crippen molar-refractivity contribution in [1.29, 1.82) is 0 Å². The quantitative estimate of drug-likeness (QED) is 0.457. The van der Waals surface area contributed by atoms with E-state index in [1.54, 1.807) is 13.0 Å². The first kappa shape index (κ1) is 8.99. The zero-order chi connectivity index (χ0) is 9.30. The van der Waals surface area contributed by atoms with Gasteiger partial charge in [0.2, 0.25) is 0 Å². The van der Waals surface area contributed by atoms with Crippen molar-refractivity contribution in [2.24, 2.45) is 0 Å². The third-order valence-corrected chi connectivity index (χ3v) is 2.32. The van der Waals surface area contributed by atoms with Crippen LogP contribution in [-0.2, 0) is 0 Å². The molecule has 0 saturated heterocycles. The van der Waals surface area contributed by atoms with Gasteiger partial charge in [-0.15, -0.1) is 0 Å². The highest BCUT2D eigenvalue weighted by Crippen LogP contribution is 2.29. The zero-order valence-electron chi connectivity index (χ0n) is 6.37. The minimum absolute atomic E-state index is 0.0516. The molecular formula is C7H7BrN2O2. The summed E-state index contributed by atoms with van der Waals surface area (Å²) in [5.74, 6) is 0. The molecule has 2 N–H and O–H groups in total. The van der Waals surface area contributed by atoms with Crippen LogP contribution in [0.4, 0.5) is 11.4 Å². The van der Waals surface area contributed by atoms with Crippen LogP contribution in [0.2, 0.25) is 0 Å². The summed E-state index contributed by atoms with van der Waals surface area (Å²) in [6, 6.07) is 3.00. The normalized spacial score (nSPS) is 9.83. The van der Waals surface area contributed by atoms with Crippen molar-refractivity contribution in [1.82, 2.24) is 0 Å². The van der Waals surface area contributed by atoms with E-state index in [-0.39, 0.29) is 5.69 Å². The highest BCUT2D eigenvalue weighted by molar-refractivity contribution is 9.10. The lowest BCUT2D eigenvalue weighted by Crippen LogP contribution is -1.97. The average molecular weight is 231 g/mol. The van der Waals surface area contributed by atoms with E-state index in [1.165, 1.54) is 6.07 Å². The number of nitro groups is 1. The Hall–Kier alpha value is -1.10. The minimum Gasteiger partial charge on any atom is -0.397 e. The van der Waals surface area contributed by atoms with Crippen molar-refractivity contribution in [3.05, 3.63) is 32.3 Å². The van der Waals surface area contributed by atoms with Gasteiger partial charge in [0.25, 0.3) is 5.69 Å². The summed E-state index contributed by atoms with van der Waals surface area (Å²) in [5.41, 5.74) is 6.54. The lowest BCUT2D eigenvalue weighted by atomic mass is 10.2. The van der Waals surface area contributed by atoms with Gasteiger partial charge in [-0.1, -0.05) is 0 Å². The minimum atomic E-state index is -0.446. The summed E-state index contributed by atoms with van der Waals surface area (Å²) in [7, 11) is 0. The molecule has 4 nitrogen and oxygen atoms in total. The predicted molar refractivity (Wildman–Crippen MR) is 49.9 cm³/mol. The Labute approximate surface area is 77.7 Å². The number of rotatable bonds is 1. The molecule has 0 aliphatic heterocycles. The Morgan fingerprint density at radius 3 is 2.67 bits per heavy atom. The molecule has 0 atom stereocenters. The highest BCUT2D eigenvalue weighted by Gasteiger charge is 2.13. The van der Waals surface area contributed by atoms with E-state index in [1.807, 2.05) is 0 Å². The molecule has 64 valence electrons. The van der Waals surface area contributed by atoms with E-state index in [0.29, 0.717) is 15.7 Å². The Bertz CT molecular complexity index is 338. The van der Waals surface area contributed by atoms with Gasteiger partial charge in [-0.05, 0) is 28.9 Å². The summed E-state index contributed by atoms with van der Waals surface area (Å²) in [6.07, 6.45) is 0. The first-order valence-electron chi connectivity index (χ1n) is 3.23. The Kier molecular flexibility index (Phi) is 2.32. The number of nitro benzene ring substituents is 1. The largest absolute Gasteiger partial charge is 0.397 e. The molecule has 0 aromatic heterocycles. The van der Waals surface area contributed by atoms with Gasteiger partial charge in [0.05, 0.1) is 16.2 Å². The van der Waals surface area contributed by atoms with Crippen LogP contribution in [0, 0.1) is 17.0 Å². The third kappa shape index (κ3) is 1.40. The maximum absolute atomic E-state index is 10.4. The van der Waals surface area contributed by atoms with Gasteiger partial charge in [-0.3, -0.25) is 10.1 Å². The number of nitrogen functional groups attached to an aromatic ring is 1. The van der Waals surface area contributed by atoms with Crippen LogP contribution in [0.1, 0.15) is 5.56 Å². The molecule has 0 aliphatic carbocycles. The molecule has 0 unspecified atom stereocenters. The molecule has 1 rings (SSSR count). The van der Waals surface area contributed by atoms with Crippen molar-refractivity contribution < 1.29 is 4.92 Å². The molecule has 0 radical (unpaired) electrons. The Morgan fingerprint density at radius 2 is 2.17 bits per heavy atom.